The van der Waals surface area contributed by atoms with E-state index in [-0.39, 0.29) is 29.5 Å². The van der Waals surface area contributed by atoms with Gasteiger partial charge in [0.25, 0.3) is 0 Å². The van der Waals surface area contributed by atoms with Crippen molar-refractivity contribution in [2.75, 3.05) is 27.4 Å². The molecule has 3 aliphatic rings. The zero-order chi connectivity index (χ0) is 16.6. The Morgan fingerprint density at radius 3 is 2.57 bits per heavy atom. The van der Waals surface area contributed by atoms with Gasteiger partial charge in [-0.3, -0.25) is 4.79 Å². The molecule has 7 heteroatoms. The molecule has 1 saturated carbocycles. The van der Waals surface area contributed by atoms with Crippen molar-refractivity contribution in [3.05, 3.63) is 11.8 Å². The summed E-state index contributed by atoms with van der Waals surface area (Å²) in [6.07, 6.45) is 2.18. The highest BCUT2D eigenvalue weighted by Crippen LogP contribution is 2.49. The van der Waals surface area contributed by atoms with Gasteiger partial charge in [-0.25, -0.2) is 4.79 Å². The quantitative estimate of drug-likeness (QED) is 0.716. The maximum Gasteiger partial charge on any atom is 0.374 e. The van der Waals surface area contributed by atoms with Crippen LogP contribution < -0.4 is 0 Å². The van der Waals surface area contributed by atoms with Crippen LogP contribution in [-0.2, 0) is 33.3 Å². The van der Waals surface area contributed by atoms with E-state index in [1.165, 1.54) is 14.2 Å². The van der Waals surface area contributed by atoms with Crippen molar-refractivity contribution < 1.29 is 33.3 Å². The largest absolute Gasteiger partial charge is 0.490 e. The summed E-state index contributed by atoms with van der Waals surface area (Å²) in [6.45, 7) is 2.94. The minimum Gasteiger partial charge on any atom is -0.490 e. The summed E-state index contributed by atoms with van der Waals surface area (Å²) in [4.78, 5) is 24.1. The standard InChI is InChI=1S/C16H22O7/c1-9-7-16(8-12(19-2)14(18)23-16)11(15-21-4-5-22-15)6-10(9)13(17)20-3/h8-11,15H,4-7H2,1-3H3/t9-,10-,11+,16-/m1/s1. The molecule has 3 rings (SSSR count). The second kappa shape index (κ2) is 6.13. The van der Waals surface area contributed by atoms with E-state index in [9.17, 15) is 9.59 Å². The average molecular weight is 326 g/mol. The minimum absolute atomic E-state index is 0.000333. The Labute approximate surface area is 134 Å². The van der Waals surface area contributed by atoms with Crippen molar-refractivity contribution in [3.63, 3.8) is 0 Å². The van der Waals surface area contributed by atoms with Crippen LogP contribution in [0.3, 0.4) is 0 Å². The van der Waals surface area contributed by atoms with E-state index in [1.54, 1.807) is 6.08 Å². The number of carbonyl (C=O) groups excluding carboxylic acids is 2. The molecule has 4 atom stereocenters. The molecule has 0 bridgehead atoms. The van der Waals surface area contributed by atoms with Crippen LogP contribution >= 0.6 is 0 Å². The predicted molar refractivity (Wildman–Crippen MR) is 77.0 cm³/mol. The van der Waals surface area contributed by atoms with E-state index in [0.29, 0.717) is 26.1 Å². The molecule has 0 aromatic heterocycles. The van der Waals surface area contributed by atoms with Gasteiger partial charge in [-0.05, 0) is 18.8 Å². The molecule has 1 saturated heterocycles. The molecule has 1 aliphatic carbocycles. The molecule has 0 unspecified atom stereocenters. The maximum atomic E-state index is 12.1. The first kappa shape index (κ1) is 16.3. The second-order valence-electron chi connectivity index (χ2n) is 6.32. The van der Waals surface area contributed by atoms with Crippen LogP contribution in [0, 0.1) is 17.8 Å². The van der Waals surface area contributed by atoms with Gasteiger partial charge in [0.1, 0.15) is 5.60 Å². The summed E-state index contributed by atoms with van der Waals surface area (Å²) in [5.74, 6) is -1.10. The molecule has 0 aromatic rings. The van der Waals surface area contributed by atoms with Gasteiger partial charge in [0, 0.05) is 6.08 Å². The lowest BCUT2D eigenvalue weighted by atomic mass is 9.65. The number of esters is 2. The molecule has 0 amide bonds. The maximum absolute atomic E-state index is 12.1. The number of carbonyl (C=O) groups is 2. The van der Waals surface area contributed by atoms with E-state index < -0.39 is 17.9 Å². The highest BCUT2D eigenvalue weighted by atomic mass is 16.7. The van der Waals surface area contributed by atoms with Crippen molar-refractivity contribution >= 4 is 11.9 Å². The molecule has 0 radical (unpaired) electrons. The van der Waals surface area contributed by atoms with Crippen LogP contribution in [-0.4, -0.2) is 51.3 Å². The van der Waals surface area contributed by atoms with Crippen molar-refractivity contribution in [3.8, 4) is 0 Å². The zero-order valence-corrected chi connectivity index (χ0v) is 13.6. The van der Waals surface area contributed by atoms with Crippen LogP contribution in [0.1, 0.15) is 19.8 Å². The Hall–Kier alpha value is -1.60. The van der Waals surface area contributed by atoms with E-state index in [4.69, 9.17) is 23.7 Å². The Bertz CT molecular complexity index is 523. The summed E-state index contributed by atoms with van der Waals surface area (Å²) >= 11 is 0. The first-order chi connectivity index (χ1) is 11.0. The third-order valence-electron chi connectivity index (χ3n) is 5.02. The van der Waals surface area contributed by atoms with Crippen molar-refractivity contribution in [2.45, 2.75) is 31.7 Å². The van der Waals surface area contributed by atoms with Gasteiger partial charge in [0.15, 0.2) is 6.29 Å². The van der Waals surface area contributed by atoms with Gasteiger partial charge in [-0.15, -0.1) is 0 Å². The summed E-state index contributed by atoms with van der Waals surface area (Å²) in [6, 6.07) is 0. The predicted octanol–water partition coefficient (Wildman–Crippen LogP) is 1.02. The van der Waals surface area contributed by atoms with Crippen LogP contribution in [0.2, 0.25) is 0 Å². The van der Waals surface area contributed by atoms with Crippen molar-refractivity contribution in [1.29, 1.82) is 0 Å². The summed E-state index contributed by atoms with van der Waals surface area (Å²) in [5, 5.41) is 0. The molecule has 7 nitrogen and oxygen atoms in total. The van der Waals surface area contributed by atoms with Crippen LogP contribution in [0.5, 0.6) is 0 Å². The van der Waals surface area contributed by atoms with Gasteiger partial charge < -0.3 is 23.7 Å². The Kier molecular flexibility index (Phi) is 4.33. The molecule has 1 spiro atoms. The number of rotatable bonds is 3. The third-order valence-corrected chi connectivity index (χ3v) is 5.02. The van der Waals surface area contributed by atoms with Crippen LogP contribution in [0.15, 0.2) is 11.8 Å². The molecule has 2 heterocycles. The molecule has 0 N–H and O–H groups in total. The lowest BCUT2D eigenvalue weighted by molar-refractivity contribution is -0.192. The van der Waals surface area contributed by atoms with Crippen LogP contribution in [0.25, 0.3) is 0 Å². The van der Waals surface area contributed by atoms with Gasteiger partial charge >= 0.3 is 11.9 Å². The van der Waals surface area contributed by atoms with Gasteiger partial charge in [0.2, 0.25) is 5.76 Å². The lowest BCUT2D eigenvalue weighted by Gasteiger charge is -2.45. The number of hydrogen-bond donors (Lipinski definition) is 0. The van der Waals surface area contributed by atoms with Crippen molar-refractivity contribution in [1.82, 2.24) is 0 Å². The second-order valence-corrected chi connectivity index (χ2v) is 6.32. The average Bonchev–Trinajstić information content (AvgIpc) is 3.15. The highest BCUT2D eigenvalue weighted by Gasteiger charge is 2.57. The van der Waals surface area contributed by atoms with E-state index in [1.807, 2.05) is 6.92 Å². The first-order valence-corrected chi connectivity index (χ1v) is 7.82. The summed E-state index contributed by atoms with van der Waals surface area (Å²) in [7, 11) is 2.82. The van der Waals surface area contributed by atoms with E-state index in [2.05, 4.69) is 0 Å². The van der Waals surface area contributed by atoms with Crippen molar-refractivity contribution in [2.24, 2.45) is 17.8 Å². The normalized spacial score (nSPS) is 37.6. The third kappa shape index (κ3) is 2.72. The molecular formula is C16H22O7. The number of methoxy groups -OCH3 is 2. The first-order valence-electron chi connectivity index (χ1n) is 7.82. The Morgan fingerprint density at radius 2 is 2.00 bits per heavy atom. The molecule has 23 heavy (non-hydrogen) atoms. The molecule has 2 aliphatic heterocycles. The fraction of sp³-hybridized carbons (Fsp3) is 0.750. The lowest BCUT2D eigenvalue weighted by Crippen LogP contribution is -2.52. The highest BCUT2D eigenvalue weighted by molar-refractivity contribution is 5.89. The smallest absolute Gasteiger partial charge is 0.374 e. The van der Waals surface area contributed by atoms with E-state index in [0.717, 1.165) is 0 Å². The van der Waals surface area contributed by atoms with E-state index >= 15 is 0 Å². The molecule has 2 fully saturated rings. The van der Waals surface area contributed by atoms with Gasteiger partial charge in [0.05, 0.1) is 39.3 Å². The monoisotopic (exact) mass is 326 g/mol. The number of hydrogen-bond acceptors (Lipinski definition) is 7. The summed E-state index contributed by atoms with van der Waals surface area (Å²) < 4.78 is 27.0. The molecular weight excluding hydrogens is 304 g/mol. The SMILES string of the molecule is COC(=O)[C@@H]1C[C@@H](C2OCCO2)[C@]2(C=C(OC)C(=O)O2)C[C@H]1C. The summed E-state index contributed by atoms with van der Waals surface area (Å²) in [5.41, 5.74) is -0.860. The minimum atomic E-state index is -0.860. The Balaban J connectivity index is 1.93. The molecule has 0 aromatic carbocycles. The fourth-order valence-corrected chi connectivity index (χ4v) is 3.89. The van der Waals surface area contributed by atoms with Gasteiger partial charge in [-0.1, -0.05) is 6.92 Å². The zero-order valence-electron chi connectivity index (χ0n) is 13.6. The van der Waals surface area contributed by atoms with Gasteiger partial charge in [-0.2, -0.15) is 0 Å². The fourth-order valence-electron chi connectivity index (χ4n) is 3.89. The topological polar surface area (TPSA) is 80.3 Å². The number of ether oxygens (including phenoxy) is 5. The van der Waals surface area contributed by atoms with Crippen LogP contribution in [0.4, 0.5) is 0 Å². The Morgan fingerprint density at radius 1 is 1.30 bits per heavy atom. The molecule has 128 valence electrons.